The Kier molecular flexibility index (Phi) is 50.0. The predicted octanol–water partition coefficient (Wildman–Crippen LogP) is 17.8. The average molecular weight is 903 g/mol. The number of ether oxygens (including phenoxy) is 3. The van der Waals surface area contributed by atoms with Crippen molar-refractivity contribution in [3.63, 3.8) is 0 Å². The van der Waals surface area contributed by atoms with Gasteiger partial charge < -0.3 is 14.2 Å². The van der Waals surface area contributed by atoms with Crippen LogP contribution in [0.1, 0.15) is 239 Å². The fraction of sp³-hybridized carbons (Fsp3) is 0.678. The summed E-state index contributed by atoms with van der Waals surface area (Å²) in [5.74, 6) is -1.03. The highest BCUT2D eigenvalue weighted by Gasteiger charge is 2.19. The average Bonchev–Trinajstić information content (AvgIpc) is 3.30. The Morgan fingerprint density at radius 1 is 0.338 bits per heavy atom. The minimum atomic E-state index is -0.824. The van der Waals surface area contributed by atoms with Gasteiger partial charge in [-0.2, -0.15) is 0 Å². The maximum atomic E-state index is 12.8. The molecule has 0 aliphatic carbocycles. The highest BCUT2D eigenvalue weighted by molar-refractivity contribution is 5.71. The van der Waals surface area contributed by atoms with Crippen molar-refractivity contribution in [2.45, 2.75) is 245 Å². The van der Waals surface area contributed by atoms with E-state index in [1.54, 1.807) is 0 Å². The van der Waals surface area contributed by atoms with Crippen molar-refractivity contribution in [1.29, 1.82) is 0 Å². The minimum Gasteiger partial charge on any atom is -0.462 e. The Morgan fingerprint density at radius 3 is 1.14 bits per heavy atom. The highest BCUT2D eigenvalue weighted by Crippen LogP contribution is 2.13. The second-order valence-electron chi connectivity index (χ2n) is 17.4. The van der Waals surface area contributed by atoms with Crippen molar-refractivity contribution in [3.05, 3.63) is 97.2 Å². The van der Waals surface area contributed by atoms with Gasteiger partial charge in [0.15, 0.2) is 6.10 Å². The molecule has 370 valence electrons. The third-order valence-corrected chi connectivity index (χ3v) is 11.1. The molecule has 0 aromatic carbocycles. The Morgan fingerprint density at radius 2 is 0.677 bits per heavy atom. The topological polar surface area (TPSA) is 78.9 Å². The number of esters is 3. The minimum absolute atomic E-state index is 0.117. The van der Waals surface area contributed by atoms with E-state index >= 15 is 0 Å². The lowest BCUT2D eigenvalue weighted by atomic mass is 10.1. The van der Waals surface area contributed by atoms with Gasteiger partial charge in [-0.3, -0.25) is 14.4 Å². The maximum Gasteiger partial charge on any atom is 0.306 e. The van der Waals surface area contributed by atoms with E-state index in [2.05, 4.69) is 112 Å². The molecule has 0 fully saturated rings. The van der Waals surface area contributed by atoms with E-state index in [1.165, 1.54) is 89.9 Å². The monoisotopic (exact) mass is 903 g/mol. The molecule has 0 N–H and O–H groups in total. The molecule has 0 saturated carbocycles. The molecule has 0 bridgehead atoms. The van der Waals surface area contributed by atoms with E-state index in [-0.39, 0.29) is 44.0 Å². The predicted molar refractivity (Wildman–Crippen MR) is 279 cm³/mol. The van der Waals surface area contributed by atoms with Crippen LogP contribution in [0.15, 0.2) is 97.2 Å². The molecule has 65 heavy (non-hydrogen) atoms. The fourth-order valence-electron chi connectivity index (χ4n) is 7.06. The summed E-state index contributed by atoms with van der Waals surface area (Å²) in [5, 5.41) is 0. The van der Waals surface area contributed by atoms with Gasteiger partial charge in [-0.05, 0) is 103 Å². The van der Waals surface area contributed by atoms with Gasteiger partial charge in [0.25, 0.3) is 0 Å². The summed E-state index contributed by atoms with van der Waals surface area (Å²) in [6.45, 7) is 6.41. The van der Waals surface area contributed by atoms with Crippen LogP contribution in [0, 0.1) is 0 Å². The molecule has 0 rings (SSSR count). The van der Waals surface area contributed by atoms with Gasteiger partial charge in [0.2, 0.25) is 0 Å². The summed E-state index contributed by atoms with van der Waals surface area (Å²) < 4.78 is 16.7. The number of carbonyl (C=O) groups is 3. The van der Waals surface area contributed by atoms with Crippen LogP contribution in [0.25, 0.3) is 0 Å². The standard InChI is InChI=1S/C59H98O6/c1-4-7-10-13-16-19-22-25-27-29-30-32-34-37-40-43-46-49-52-58(61)64-55-56(54-63-57(60)51-48-45-42-39-36-33-24-21-18-15-12-9-6-3)65-59(62)53-50-47-44-41-38-35-31-28-26-23-20-17-14-11-8-5-2/h8,11,17,20,26-30,32-33,35-36,38,42,45,56H,4-7,9-10,12-16,18-19,21-25,31,34,37,39-41,43-44,46-55H2,1-3H3/b11-8+,20-17+,28-26+,29-27+,32-30+,36-33+,38-35+,45-42+. The Labute approximate surface area is 400 Å². The fourth-order valence-corrected chi connectivity index (χ4v) is 7.06. The smallest absolute Gasteiger partial charge is 0.306 e. The quantitative estimate of drug-likeness (QED) is 0.0199. The molecule has 0 aromatic rings. The van der Waals surface area contributed by atoms with Crippen LogP contribution in [0.5, 0.6) is 0 Å². The molecule has 1 atom stereocenters. The zero-order chi connectivity index (χ0) is 47.2. The van der Waals surface area contributed by atoms with Gasteiger partial charge in [0, 0.05) is 19.3 Å². The first-order valence-corrected chi connectivity index (χ1v) is 26.8. The van der Waals surface area contributed by atoms with Crippen LogP contribution >= 0.6 is 0 Å². The Bertz CT molecular complexity index is 1310. The van der Waals surface area contributed by atoms with Gasteiger partial charge >= 0.3 is 17.9 Å². The summed E-state index contributed by atoms with van der Waals surface area (Å²) in [4.78, 5) is 38.0. The zero-order valence-corrected chi connectivity index (χ0v) is 42.2. The molecule has 0 radical (unpaired) electrons. The van der Waals surface area contributed by atoms with E-state index in [0.29, 0.717) is 19.3 Å². The SMILES string of the molecule is CC/C=C/C/C=C/C/C=C/C/C=C/CCCCCC(=O)OC(COC(=O)CC/C=C/C/C=C/CCCCCCCC)COC(=O)CCCCCCC/C=C/C=C/CCCCCCCCC. The van der Waals surface area contributed by atoms with E-state index in [0.717, 1.165) is 96.3 Å². The van der Waals surface area contributed by atoms with Crippen molar-refractivity contribution in [1.82, 2.24) is 0 Å². The molecule has 1 unspecified atom stereocenters. The van der Waals surface area contributed by atoms with E-state index in [4.69, 9.17) is 14.2 Å². The van der Waals surface area contributed by atoms with E-state index in [1.807, 2.05) is 6.08 Å². The van der Waals surface area contributed by atoms with Crippen molar-refractivity contribution in [2.75, 3.05) is 13.2 Å². The lowest BCUT2D eigenvalue weighted by molar-refractivity contribution is -0.166. The molecule has 6 nitrogen and oxygen atoms in total. The van der Waals surface area contributed by atoms with Gasteiger partial charge in [0.1, 0.15) is 13.2 Å². The summed E-state index contributed by atoms with van der Waals surface area (Å²) in [5.41, 5.74) is 0. The van der Waals surface area contributed by atoms with Crippen LogP contribution in [-0.2, 0) is 28.6 Å². The Hall–Kier alpha value is -3.67. The third-order valence-electron chi connectivity index (χ3n) is 11.1. The van der Waals surface area contributed by atoms with Crippen molar-refractivity contribution >= 4 is 17.9 Å². The van der Waals surface area contributed by atoms with Gasteiger partial charge in [-0.1, -0.05) is 214 Å². The molecule has 0 spiro atoms. The van der Waals surface area contributed by atoms with E-state index in [9.17, 15) is 14.4 Å². The first kappa shape index (κ1) is 61.3. The number of allylic oxidation sites excluding steroid dienone is 16. The van der Waals surface area contributed by atoms with Crippen molar-refractivity contribution < 1.29 is 28.6 Å². The first-order valence-electron chi connectivity index (χ1n) is 26.8. The molecule has 0 aromatic heterocycles. The molecule has 0 aliphatic heterocycles. The van der Waals surface area contributed by atoms with Crippen LogP contribution in [-0.4, -0.2) is 37.2 Å². The maximum absolute atomic E-state index is 12.8. The largest absolute Gasteiger partial charge is 0.462 e. The number of hydrogen-bond donors (Lipinski definition) is 0. The molecule has 0 saturated heterocycles. The second-order valence-corrected chi connectivity index (χ2v) is 17.4. The lowest BCUT2D eigenvalue weighted by Gasteiger charge is -2.18. The molecule has 6 heteroatoms. The normalized spacial score (nSPS) is 12.8. The summed E-state index contributed by atoms with van der Waals surface area (Å²) in [6, 6.07) is 0. The van der Waals surface area contributed by atoms with Crippen LogP contribution in [0.4, 0.5) is 0 Å². The summed E-state index contributed by atoms with van der Waals surface area (Å²) in [6.07, 6.45) is 69.8. The van der Waals surface area contributed by atoms with Crippen molar-refractivity contribution in [3.8, 4) is 0 Å². The van der Waals surface area contributed by atoms with E-state index < -0.39 is 6.10 Å². The van der Waals surface area contributed by atoms with Crippen LogP contribution in [0.3, 0.4) is 0 Å². The molecule has 0 heterocycles. The first-order chi connectivity index (χ1) is 32.0. The van der Waals surface area contributed by atoms with Gasteiger partial charge in [0.05, 0.1) is 0 Å². The van der Waals surface area contributed by atoms with Crippen LogP contribution in [0.2, 0.25) is 0 Å². The third kappa shape index (κ3) is 51.2. The Balaban J connectivity index is 4.52. The van der Waals surface area contributed by atoms with Gasteiger partial charge in [-0.15, -0.1) is 0 Å². The summed E-state index contributed by atoms with van der Waals surface area (Å²) in [7, 11) is 0. The molecule has 0 aliphatic rings. The van der Waals surface area contributed by atoms with Crippen molar-refractivity contribution in [2.24, 2.45) is 0 Å². The molecular formula is C59H98O6. The summed E-state index contributed by atoms with van der Waals surface area (Å²) >= 11 is 0. The number of carbonyl (C=O) groups excluding carboxylic acids is 3. The molecular weight excluding hydrogens is 805 g/mol. The van der Waals surface area contributed by atoms with Gasteiger partial charge in [-0.25, -0.2) is 0 Å². The highest BCUT2D eigenvalue weighted by atomic mass is 16.6. The number of unbranched alkanes of at least 4 members (excludes halogenated alkanes) is 21. The zero-order valence-electron chi connectivity index (χ0n) is 42.2. The number of rotatable bonds is 47. The number of hydrogen-bond acceptors (Lipinski definition) is 6. The van der Waals surface area contributed by atoms with Crippen LogP contribution < -0.4 is 0 Å². The molecule has 0 amide bonds. The second kappa shape index (κ2) is 52.9. The lowest BCUT2D eigenvalue weighted by Crippen LogP contribution is -2.30.